The van der Waals surface area contributed by atoms with E-state index in [4.69, 9.17) is 33.0 Å². The fourth-order valence-corrected chi connectivity index (χ4v) is 2.53. The molecule has 5 nitrogen and oxygen atoms in total. The average Bonchev–Trinajstić information content (AvgIpc) is 3.25. The fourth-order valence-electron chi connectivity index (χ4n) is 2.27. The van der Waals surface area contributed by atoms with E-state index >= 15 is 0 Å². The van der Waals surface area contributed by atoms with Crippen molar-refractivity contribution in [3.63, 3.8) is 0 Å². The molecule has 3 rings (SSSR count). The third-order valence-electron chi connectivity index (χ3n) is 3.47. The second kappa shape index (κ2) is 8.19. The van der Waals surface area contributed by atoms with E-state index < -0.39 is 0 Å². The van der Waals surface area contributed by atoms with Gasteiger partial charge in [-0.1, -0.05) is 11.6 Å². The van der Waals surface area contributed by atoms with E-state index in [2.05, 4.69) is 16.2 Å². The van der Waals surface area contributed by atoms with Crippen molar-refractivity contribution in [3.05, 3.63) is 59.1 Å². The third-order valence-corrected chi connectivity index (χ3v) is 3.95. The number of thiocarbonyl (C=S) groups is 1. The molecule has 0 saturated carbocycles. The molecule has 1 fully saturated rings. The van der Waals surface area contributed by atoms with E-state index in [9.17, 15) is 0 Å². The Labute approximate surface area is 151 Å². The van der Waals surface area contributed by atoms with Crippen molar-refractivity contribution >= 4 is 28.9 Å². The Morgan fingerprint density at radius 2 is 2.04 bits per heavy atom. The van der Waals surface area contributed by atoms with Crippen LogP contribution in [0.4, 0.5) is 0 Å². The zero-order chi connectivity index (χ0) is 16.8. The van der Waals surface area contributed by atoms with Gasteiger partial charge in [0.2, 0.25) is 0 Å². The molecule has 0 atom stereocenters. The molecule has 1 aliphatic rings. The number of nitrogens with one attached hydrogen (secondary N) is 3. The van der Waals surface area contributed by atoms with Crippen LogP contribution in [0.1, 0.15) is 18.6 Å². The highest BCUT2D eigenvalue weighted by Crippen LogP contribution is 2.23. The van der Waals surface area contributed by atoms with Crippen molar-refractivity contribution in [2.24, 2.45) is 0 Å². The van der Waals surface area contributed by atoms with Gasteiger partial charge in [-0.2, -0.15) is 0 Å². The summed E-state index contributed by atoms with van der Waals surface area (Å²) < 4.78 is 11.2. The molecule has 0 amide bonds. The van der Waals surface area contributed by atoms with Gasteiger partial charge < -0.3 is 14.5 Å². The number of hydrazine groups is 1. The number of hydrogen-bond acceptors (Lipinski definition) is 4. The van der Waals surface area contributed by atoms with Gasteiger partial charge in [0.05, 0.1) is 13.2 Å². The molecule has 0 spiro atoms. The molecule has 0 aliphatic carbocycles. The highest BCUT2D eigenvalue weighted by molar-refractivity contribution is 7.80. The van der Waals surface area contributed by atoms with Gasteiger partial charge in [0.1, 0.15) is 17.3 Å². The number of furan rings is 1. The van der Waals surface area contributed by atoms with Crippen molar-refractivity contribution in [2.45, 2.75) is 19.4 Å². The van der Waals surface area contributed by atoms with E-state index in [0.717, 1.165) is 42.3 Å². The number of benzene rings is 1. The Morgan fingerprint density at radius 3 is 2.79 bits per heavy atom. The van der Waals surface area contributed by atoms with Crippen molar-refractivity contribution < 1.29 is 9.15 Å². The van der Waals surface area contributed by atoms with E-state index in [1.165, 1.54) is 0 Å². The summed E-state index contributed by atoms with van der Waals surface area (Å²) in [5.41, 5.74) is 6.90. The Balaban J connectivity index is 1.44. The summed E-state index contributed by atoms with van der Waals surface area (Å²) in [6.07, 6.45) is 3.79. The largest absolute Gasteiger partial charge is 0.496 e. The highest BCUT2D eigenvalue weighted by Gasteiger charge is 2.07. The minimum Gasteiger partial charge on any atom is -0.496 e. The maximum atomic E-state index is 5.89. The van der Waals surface area contributed by atoms with Crippen molar-refractivity contribution in [1.29, 1.82) is 0 Å². The van der Waals surface area contributed by atoms with Crippen LogP contribution >= 0.6 is 23.8 Å². The lowest BCUT2D eigenvalue weighted by Gasteiger charge is -2.08. The predicted molar refractivity (Wildman–Crippen MR) is 98.1 cm³/mol. The molecule has 0 radical (unpaired) electrons. The van der Waals surface area contributed by atoms with Crippen LogP contribution in [-0.2, 0) is 11.3 Å². The van der Waals surface area contributed by atoms with Gasteiger partial charge in [-0.3, -0.25) is 5.43 Å². The van der Waals surface area contributed by atoms with Crippen LogP contribution in [-0.4, -0.2) is 11.7 Å². The third kappa shape index (κ3) is 4.74. The molecule has 1 aromatic carbocycles. The molecule has 126 valence electrons. The molecule has 0 bridgehead atoms. The first-order valence-electron chi connectivity index (χ1n) is 7.66. The molecule has 24 heavy (non-hydrogen) atoms. The summed E-state index contributed by atoms with van der Waals surface area (Å²) in [4.78, 5) is 0. The lowest BCUT2D eigenvalue weighted by molar-refractivity contribution is 0.262. The van der Waals surface area contributed by atoms with E-state index in [-0.39, 0.29) is 0 Å². The number of hydrogen-bond donors (Lipinski definition) is 3. The minimum absolute atomic E-state index is 0.475. The Kier molecular flexibility index (Phi) is 5.74. The van der Waals surface area contributed by atoms with Crippen LogP contribution in [0, 0.1) is 0 Å². The monoisotopic (exact) mass is 363 g/mol. The van der Waals surface area contributed by atoms with Crippen molar-refractivity contribution in [3.8, 4) is 11.3 Å². The summed E-state index contributed by atoms with van der Waals surface area (Å²) in [5, 5.41) is 4.15. The number of ether oxygens (including phenoxy) is 1. The minimum atomic E-state index is 0.475. The SMILES string of the molecule is S=C(NC=C1CCCO1)NNCc1ccc(-c2ccc(Cl)cc2)o1. The quantitative estimate of drug-likeness (QED) is 0.556. The van der Waals surface area contributed by atoms with Gasteiger partial charge >= 0.3 is 0 Å². The first-order valence-corrected chi connectivity index (χ1v) is 8.45. The summed E-state index contributed by atoms with van der Waals surface area (Å²) >= 11 is 11.1. The average molecular weight is 364 g/mol. The van der Waals surface area contributed by atoms with Crippen LogP contribution < -0.4 is 16.2 Å². The standard InChI is InChI=1S/C17H18ClN3O2S/c18-13-5-3-12(4-6-13)16-8-7-15(23-16)11-20-21-17(24)19-10-14-2-1-9-22-14/h3-8,10,20H,1-2,9,11H2,(H2,19,21,24). The molecule has 0 unspecified atom stereocenters. The van der Waals surface area contributed by atoms with Gasteiger partial charge in [-0.25, -0.2) is 5.43 Å². The maximum absolute atomic E-state index is 5.89. The molecule has 7 heteroatoms. The molecule has 1 aromatic heterocycles. The van der Waals surface area contributed by atoms with Gasteiger partial charge in [0, 0.05) is 23.2 Å². The second-order valence-electron chi connectivity index (χ2n) is 5.29. The molecule has 3 N–H and O–H groups in total. The fraction of sp³-hybridized carbons (Fsp3) is 0.235. The summed E-state index contributed by atoms with van der Waals surface area (Å²) in [6.45, 7) is 1.28. The second-order valence-corrected chi connectivity index (χ2v) is 6.13. The number of rotatable bonds is 5. The molecule has 1 aliphatic heterocycles. The van der Waals surface area contributed by atoms with Crippen LogP contribution in [0.5, 0.6) is 0 Å². The van der Waals surface area contributed by atoms with Gasteiger partial charge in [-0.15, -0.1) is 0 Å². The van der Waals surface area contributed by atoms with Crippen LogP contribution in [0.15, 0.2) is 52.8 Å². The van der Waals surface area contributed by atoms with E-state index in [0.29, 0.717) is 16.7 Å². The zero-order valence-electron chi connectivity index (χ0n) is 13.0. The summed E-state index contributed by atoms with van der Waals surface area (Å²) in [6, 6.07) is 11.4. The Morgan fingerprint density at radius 1 is 1.21 bits per heavy atom. The summed E-state index contributed by atoms with van der Waals surface area (Å²) in [5.74, 6) is 2.53. The maximum Gasteiger partial charge on any atom is 0.184 e. The van der Waals surface area contributed by atoms with Gasteiger partial charge in [0.15, 0.2) is 5.11 Å². The lowest BCUT2D eigenvalue weighted by atomic mass is 10.2. The van der Waals surface area contributed by atoms with Crippen LogP contribution in [0.3, 0.4) is 0 Å². The summed E-state index contributed by atoms with van der Waals surface area (Å²) in [7, 11) is 0. The molecular weight excluding hydrogens is 346 g/mol. The first kappa shape index (κ1) is 16.8. The molecular formula is C17H18ClN3O2S. The van der Waals surface area contributed by atoms with Crippen LogP contribution in [0.2, 0.25) is 5.02 Å². The van der Waals surface area contributed by atoms with Crippen molar-refractivity contribution in [2.75, 3.05) is 6.61 Å². The number of allylic oxidation sites excluding steroid dienone is 1. The van der Waals surface area contributed by atoms with Gasteiger partial charge in [-0.05, 0) is 55.0 Å². The topological polar surface area (TPSA) is 58.5 Å². The molecule has 2 heterocycles. The zero-order valence-corrected chi connectivity index (χ0v) is 14.5. The lowest BCUT2D eigenvalue weighted by Crippen LogP contribution is -2.41. The van der Waals surface area contributed by atoms with Crippen molar-refractivity contribution in [1.82, 2.24) is 16.2 Å². The van der Waals surface area contributed by atoms with E-state index in [1.54, 1.807) is 6.20 Å². The van der Waals surface area contributed by atoms with Gasteiger partial charge in [0.25, 0.3) is 0 Å². The van der Waals surface area contributed by atoms with E-state index in [1.807, 2.05) is 36.4 Å². The Bertz CT molecular complexity index is 720. The normalized spacial score (nSPS) is 15.3. The Hall–Kier alpha value is -2.02. The predicted octanol–water partition coefficient (Wildman–Crippen LogP) is 3.72. The number of halogens is 1. The smallest absolute Gasteiger partial charge is 0.184 e. The molecule has 1 saturated heterocycles. The first-order chi connectivity index (χ1) is 11.7. The molecule has 2 aromatic rings. The van der Waals surface area contributed by atoms with Crippen LogP contribution in [0.25, 0.3) is 11.3 Å². The highest BCUT2D eigenvalue weighted by atomic mass is 35.5.